The molecule has 1 rings (SSSR count). The molecule has 7 nitrogen and oxygen atoms in total. The van der Waals surface area contributed by atoms with Crippen LogP contribution in [0.4, 0.5) is 5.69 Å². The van der Waals surface area contributed by atoms with Gasteiger partial charge >= 0.3 is 0 Å². The van der Waals surface area contributed by atoms with Gasteiger partial charge in [0.15, 0.2) is 0 Å². The normalized spacial score (nSPS) is 12.6. The minimum atomic E-state index is -4.53. The van der Waals surface area contributed by atoms with Crippen molar-refractivity contribution in [2.45, 2.75) is 23.1 Å². The van der Waals surface area contributed by atoms with Crippen LogP contribution in [-0.4, -0.2) is 25.9 Å². The molecule has 4 N–H and O–H groups in total. The Morgan fingerprint density at radius 3 is 1.88 bits per heavy atom. The zero-order valence-electron chi connectivity index (χ0n) is 8.78. The third kappa shape index (κ3) is 2.94. The molecule has 17 heavy (non-hydrogen) atoms. The molecule has 0 aliphatic rings. The average Bonchev–Trinajstić information content (AvgIpc) is 2.14. The van der Waals surface area contributed by atoms with Crippen molar-refractivity contribution in [2.24, 2.45) is 0 Å². The summed E-state index contributed by atoms with van der Waals surface area (Å²) in [6, 6.07) is 1.73. The third-order valence-electron chi connectivity index (χ3n) is 2.13. The van der Waals surface area contributed by atoms with Crippen molar-refractivity contribution in [1.29, 1.82) is 0 Å². The van der Waals surface area contributed by atoms with Crippen LogP contribution >= 0.6 is 0 Å². The second-order valence-electron chi connectivity index (χ2n) is 3.30. The van der Waals surface area contributed by atoms with Gasteiger partial charge in [-0.3, -0.25) is 9.11 Å². The summed E-state index contributed by atoms with van der Waals surface area (Å²) in [4.78, 5) is -1.05. The van der Waals surface area contributed by atoms with E-state index < -0.39 is 35.7 Å². The summed E-state index contributed by atoms with van der Waals surface area (Å²) in [5.41, 5.74) is 4.92. The molecule has 0 saturated carbocycles. The Labute approximate surface area is 98.8 Å². The Kier molecular flexibility index (Phi) is 3.48. The predicted molar refractivity (Wildman–Crippen MR) is 59.9 cm³/mol. The first kappa shape index (κ1) is 13.9. The van der Waals surface area contributed by atoms with Crippen molar-refractivity contribution in [2.75, 3.05) is 5.73 Å². The number of aryl methyl sites for hydroxylation is 1. The SMILES string of the molecule is CCc1cc(S(=O)(=O)O)c(N)cc1S(=O)(=O)O. The summed E-state index contributed by atoms with van der Waals surface area (Å²) in [7, 11) is -9.02. The van der Waals surface area contributed by atoms with Crippen molar-refractivity contribution < 1.29 is 25.9 Å². The van der Waals surface area contributed by atoms with Crippen molar-refractivity contribution in [3.63, 3.8) is 0 Å². The number of benzene rings is 1. The van der Waals surface area contributed by atoms with Gasteiger partial charge in [-0.15, -0.1) is 0 Å². The fourth-order valence-electron chi connectivity index (χ4n) is 1.36. The fourth-order valence-corrected chi connectivity index (χ4v) is 2.82. The van der Waals surface area contributed by atoms with Crippen LogP contribution in [0.25, 0.3) is 0 Å². The molecule has 0 aliphatic heterocycles. The van der Waals surface area contributed by atoms with E-state index in [0.29, 0.717) is 0 Å². The van der Waals surface area contributed by atoms with Crippen LogP contribution < -0.4 is 5.73 Å². The molecule has 96 valence electrons. The molecule has 0 radical (unpaired) electrons. The molecule has 0 atom stereocenters. The second-order valence-corrected chi connectivity index (χ2v) is 6.08. The van der Waals surface area contributed by atoms with Crippen LogP contribution in [-0.2, 0) is 26.7 Å². The Bertz CT molecular complexity index is 647. The second kappa shape index (κ2) is 4.26. The predicted octanol–water partition coefficient (Wildman–Crippen LogP) is 0.325. The minimum Gasteiger partial charge on any atom is -0.398 e. The van der Waals surface area contributed by atoms with E-state index in [1.807, 2.05) is 0 Å². The molecule has 0 aliphatic carbocycles. The average molecular weight is 281 g/mol. The molecule has 0 amide bonds. The highest BCUT2D eigenvalue weighted by atomic mass is 32.2. The van der Waals surface area contributed by atoms with Crippen LogP contribution in [0, 0.1) is 0 Å². The molecule has 0 aromatic heterocycles. The Balaban J connectivity index is 3.69. The number of nitrogens with two attached hydrogens (primary N) is 1. The van der Waals surface area contributed by atoms with Gasteiger partial charge in [-0.25, -0.2) is 0 Å². The highest BCUT2D eigenvalue weighted by molar-refractivity contribution is 7.86. The van der Waals surface area contributed by atoms with Crippen LogP contribution in [0.15, 0.2) is 21.9 Å². The van der Waals surface area contributed by atoms with E-state index in [0.717, 1.165) is 12.1 Å². The monoisotopic (exact) mass is 281 g/mol. The van der Waals surface area contributed by atoms with Gasteiger partial charge in [-0.05, 0) is 24.1 Å². The number of hydrogen-bond acceptors (Lipinski definition) is 5. The number of anilines is 1. The Morgan fingerprint density at radius 1 is 1.06 bits per heavy atom. The molecule has 0 heterocycles. The first-order valence-electron chi connectivity index (χ1n) is 4.44. The lowest BCUT2D eigenvalue weighted by atomic mass is 10.1. The molecular formula is C8H11NO6S2. The number of rotatable bonds is 3. The van der Waals surface area contributed by atoms with Gasteiger partial charge in [0.05, 0.1) is 10.6 Å². The lowest BCUT2D eigenvalue weighted by Gasteiger charge is -2.09. The van der Waals surface area contributed by atoms with Gasteiger partial charge in [0.1, 0.15) is 4.90 Å². The summed E-state index contributed by atoms with van der Waals surface area (Å²) < 4.78 is 61.7. The van der Waals surface area contributed by atoms with Crippen LogP contribution in [0.5, 0.6) is 0 Å². The molecule has 0 spiro atoms. The number of nitrogen functional groups attached to an aromatic ring is 1. The van der Waals surface area contributed by atoms with Crippen LogP contribution in [0.2, 0.25) is 0 Å². The molecule has 0 unspecified atom stereocenters. The summed E-state index contributed by atoms with van der Waals surface area (Å²) in [6.07, 6.45) is 0.151. The number of hydrogen-bond donors (Lipinski definition) is 3. The summed E-state index contributed by atoms with van der Waals surface area (Å²) in [5, 5.41) is 0. The van der Waals surface area contributed by atoms with Crippen LogP contribution in [0.1, 0.15) is 12.5 Å². The lowest BCUT2D eigenvalue weighted by molar-refractivity contribution is 0.478. The zero-order chi connectivity index (χ0) is 13.4. The maximum Gasteiger partial charge on any atom is 0.296 e. The molecule has 1 aromatic carbocycles. The van der Waals surface area contributed by atoms with Crippen molar-refractivity contribution in [3.8, 4) is 0 Å². The molecule has 0 bridgehead atoms. The van der Waals surface area contributed by atoms with Gasteiger partial charge in [-0.1, -0.05) is 6.92 Å². The maximum absolute atomic E-state index is 11.0. The van der Waals surface area contributed by atoms with Gasteiger partial charge in [-0.2, -0.15) is 16.8 Å². The molecule has 0 saturated heterocycles. The van der Waals surface area contributed by atoms with Crippen LogP contribution in [0.3, 0.4) is 0 Å². The maximum atomic E-state index is 11.0. The van der Waals surface area contributed by atoms with Gasteiger partial charge in [0.2, 0.25) is 0 Å². The molecular weight excluding hydrogens is 270 g/mol. The quantitative estimate of drug-likeness (QED) is 0.536. The first-order chi connectivity index (χ1) is 7.57. The van der Waals surface area contributed by atoms with E-state index >= 15 is 0 Å². The zero-order valence-corrected chi connectivity index (χ0v) is 10.4. The minimum absolute atomic E-state index is 0.0503. The van der Waals surface area contributed by atoms with E-state index in [-0.39, 0.29) is 12.0 Å². The topological polar surface area (TPSA) is 135 Å². The lowest BCUT2D eigenvalue weighted by Crippen LogP contribution is -2.09. The van der Waals surface area contributed by atoms with E-state index in [2.05, 4.69) is 0 Å². The largest absolute Gasteiger partial charge is 0.398 e. The molecule has 0 fully saturated rings. The van der Waals surface area contributed by atoms with Gasteiger partial charge in [0, 0.05) is 0 Å². The molecule has 1 aromatic rings. The molecule has 9 heteroatoms. The fraction of sp³-hybridized carbons (Fsp3) is 0.250. The van der Waals surface area contributed by atoms with Gasteiger partial charge < -0.3 is 5.73 Å². The van der Waals surface area contributed by atoms with Crippen molar-refractivity contribution >= 4 is 25.9 Å². The summed E-state index contributed by atoms with van der Waals surface area (Å²) in [6.45, 7) is 1.56. The standard InChI is InChI=1S/C8H11NO6S2/c1-2-5-3-8(17(13,14)15)6(9)4-7(5)16(10,11)12/h3-4H,2,9H2,1H3,(H,10,11,12)(H,13,14,15). The highest BCUT2D eigenvalue weighted by Gasteiger charge is 2.21. The third-order valence-corrected chi connectivity index (χ3v) is 3.97. The van der Waals surface area contributed by atoms with Crippen molar-refractivity contribution in [1.82, 2.24) is 0 Å². The first-order valence-corrected chi connectivity index (χ1v) is 7.32. The van der Waals surface area contributed by atoms with Gasteiger partial charge in [0.25, 0.3) is 20.2 Å². The van der Waals surface area contributed by atoms with E-state index in [4.69, 9.17) is 14.8 Å². The van der Waals surface area contributed by atoms with E-state index in [1.165, 1.54) is 0 Å². The highest BCUT2D eigenvalue weighted by Crippen LogP contribution is 2.26. The van der Waals surface area contributed by atoms with E-state index in [9.17, 15) is 16.8 Å². The summed E-state index contributed by atoms with van der Waals surface area (Å²) >= 11 is 0. The Morgan fingerprint density at radius 2 is 1.53 bits per heavy atom. The van der Waals surface area contributed by atoms with Crippen molar-refractivity contribution in [3.05, 3.63) is 17.7 Å². The Hall–Kier alpha value is -1.16. The van der Waals surface area contributed by atoms with E-state index in [1.54, 1.807) is 6.92 Å². The summed E-state index contributed by atoms with van der Waals surface area (Å²) in [5.74, 6) is 0. The smallest absolute Gasteiger partial charge is 0.296 e.